The van der Waals surface area contributed by atoms with Gasteiger partial charge in [-0.15, -0.1) is 0 Å². The number of carbonyl (C=O) groups excluding carboxylic acids is 1. The lowest BCUT2D eigenvalue weighted by Gasteiger charge is -2.34. The molecule has 2 unspecified atom stereocenters. The largest absolute Gasteiger partial charge is 0.391 e. The van der Waals surface area contributed by atoms with Crippen molar-refractivity contribution in [3.8, 4) is 0 Å². The second-order valence-electron chi connectivity index (χ2n) is 5.61. The van der Waals surface area contributed by atoms with Gasteiger partial charge in [0.15, 0.2) is 0 Å². The van der Waals surface area contributed by atoms with Crippen molar-refractivity contribution in [2.75, 3.05) is 13.1 Å². The minimum Gasteiger partial charge on any atom is -0.391 e. The van der Waals surface area contributed by atoms with Gasteiger partial charge in [0, 0.05) is 13.1 Å². The number of amides is 1. The van der Waals surface area contributed by atoms with Crippen LogP contribution in [0.4, 0.5) is 5.69 Å². The molecule has 2 atom stereocenters. The van der Waals surface area contributed by atoms with Crippen molar-refractivity contribution in [3.63, 3.8) is 0 Å². The summed E-state index contributed by atoms with van der Waals surface area (Å²) in [7, 11) is 0. The maximum absolute atomic E-state index is 12.2. The van der Waals surface area contributed by atoms with E-state index >= 15 is 0 Å². The first-order chi connectivity index (χ1) is 9.81. The number of aliphatic hydroxyl groups is 1. The van der Waals surface area contributed by atoms with Crippen LogP contribution in [-0.4, -0.2) is 49.8 Å². The topological polar surface area (TPSA) is 102 Å². The highest BCUT2D eigenvalue weighted by Crippen LogP contribution is 2.22. The summed E-state index contributed by atoms with van der Waals surface area (Å²) in [5, 5.41) is 24.8. The molecule has 2 heterocycles. The van der Waals surface area contributed by atoms with E-state index in [0.717, 1.165) is 6.42 Å². The fraction of sp³-hybridized carbons (Fsp3) is 0.692. The van der Waals surface area contributed by atoms with Gasteiger partial charge in [-0.1, -0.05) is 6.92 Å². The first-order valence-electron chi connectivity index (χ1n) is 6.95. The summed E-state index contributed by atoms with van der Waals surface area (Å²) in [4.78, 5) is 24.3. The molecule has 1 aromatic rings. The predicted octanol–water partition coefficient (Wildman–Crippen LogP) is 0.637. The zero-order chi connectivity index (χ0) is 15.7. The lowest BCUT2D eigenvalue weighted by atomic mass is 9.96. The first-order valence-corrected chi connectivity index (χ1v) is 6.95. The molecule has 1 amide bonds. The Morgan fingerprint density at radius 3 is 2.71 bits per heavy atom. The van der Waals surface area contributed by atoms with Gasteiger partial charge in [-0.05, 0) is 26.2 Å². The van der Waals surface area contributed by atoms with Gasteiger partial charge in [0.1, 0.15) is 17.9 Å². The molecule has 0 aromatic carbocycles. The molecule has 0 radical (unpaired) electrons. The zero-order valence-corrected chi connectivity index (χ0v) is 12.4. The molecule has 0 bridgehead atoms. The third-order valence-electron chi connectivity index (χ3n) is 4.08. The molecular formula is C13H20N4O4. The van der Waals surface area contributed by atoms with Crippen LogP contribution in [0.5, 0.6) is 0 Å². The van der Waals surface area contributed by atoms with Gasteiger partial charge in [0.25, 0.3) is 0 Å². The standard InChI is InChI=1S/C13H20N4O4/c1-8-4-5-15(6-11(8)18)12(19)7-16-10(3)13(17(20)21)9(2)14-16/h8,11,18H,4-7H2,1-3H3. The van der Waals surface area contributed by atoms with Gasteiger partial charge in [-0.25, -0.2) is 0 Å². The molecule has 1 saturated heterocycles. The van der Waals surface area contributed by atoms with Gasteiger partial charge < -0.3 is 10.0 Å². The van der Waals surface area contributed by atoms with Crippen LogP contribution in [0, 0.1) is 29.9 Å². The van der Waals surface area contributed by atoms with E-state index in [4.69, 9.17) is 0 Å². The Morgan fingerprint density at radius 2 is 2.19 bits per heavy atom. The number of aryl methyl sites for hydroxylation is 1. The highest BCUT2D eigenvalue weighted by atomic mass is 16.6. The van der Waals surface area contributed by atoms with Crippen LogP contribution in [0.15, 0.2) is 0 Å². The maximum Gasteiger partial charge on any atom is 0.312 e. The van der Waals surface area contributed by atoms with Crippen LogP contribution in [0.1, 0.15) is 24.7 Å². The third-order valence-corrected chi connectivity index (χ3v) is 4.08. The predicted molar refractivity (Wildman–Crippen MR) is 74.7 cm³/mol. The fourth-order valence-electron chi connectivity index (χ4n) is 2.61. The van der Waals surface area contributed by atoms with E-state index in [1.54, 1.807) is 18.7 Å². The Morgan fingerprint density at radius 1 is 1.52 bits per heavy atom. The van der Waals surface area contributed by atoms with Crippen LogP contribution >= 0.6 is 0 Å². The maximum atomic E-state index is 12.2. The molecule has 116 valence electrons. The van der Waals surface area contributed by atoms with Crippen molar-refractivity contribution in [2.24, 2.45) is 5.92 Å². The van der Waals surface area contributed by atoms with E-state index in [-0.39, 0.29) is 24.1 Å². The number of piperidine rings is 1. The second-order valence-corrected chi connectivity index (χ2v) is 5.61. The Labute approximate surface area is 122 Å². The highest BCUT2D eigenvalue weighted by molar-refractivity contribution is 5.76. The van der Waals surface area contributed by atoms with Crippen LogP contribution in [-0.2, 0) is 11.3 Å². The Bertz CT molecular complexity index is 569. The van der Waals surface area contributed by atoms with Gasteiger partial charge in [0.2, 0.25) is 5.91 Å². The molecule has 8 heteroatoms. The number of aliphatic hydroxyl groups excluding tert-OH is 1. The number of rotatable bonds is 3. The summed E-state index contributed by atoms with van der Waals surface area (Å²) < 4.78 is 1.36. The number of nitro groups is 1. The molecule has 1 N–H and O–H groups in total. The van der Waals surface area contributed by atoms with Crippen LogP contribution in [0.3, 0.4) is 0 Å². The Hall–Kier alpha value is -1.96. The van der Waals surface area contributed by atoms with Crippen molar-refractivity contribution in [1.29, 1.82) is 0 Å². The molecule has 21 heavy (non-hydrogen) atoms. The molecule has 0 aliphatic carbocycles. The van der Waals surface area contributed by atoms with E-state index in [9.17, 15) is 20.0 Å². The smallest absolute Gasteiger partial charge is 0.312 e. The van der Waals surface area contributed by atoms with Crippen molar-refractivity contribution < 1.29 is 14.8 Å². The lowest BCUT2D eigenvalue weighted by molar-refractivity contribution is -0.386. The lowest BCUT2D eigenvalue weighted by Crippen LogP contribution is -2.47. The third kappa shape index (κ3) is 3.05. The van der Waals surface area contributed by atoms with Gasteiger partial charge in [0.05, 0.1) is 11.0 Å². The molecular weight excluding hydrogens is 276 g/mol. The van der Waals surface area contributed by atoms with Crippen LogP contribution in [0.2, 0.25) is 0 Å². The van der Waals surface area contributed by atoms with E-state index in [1.807, 2.05) is 6.92 Å². The summed E-state index contributed by atoms with van der Waals surface area (Å²) in [5.74, 6) is 0.00488. The number of hydrogen-bond donors (Lipinski definition) is 1. The second kappa shape index (κ2) is 5.80. The highest BCUT2D eigenvalue weighted by Gasteiger charge is 2.29. The average molecular weight is 296 g/mol. The normalized spacial score (nSPS) is 22.4. The summed E-state index contributed by atoms with van der Waals surface area (Å²) in [6, 6.07) is 0. The van der Waals surface area contributed by atoms with Crippen LogP contribution in [0.25, 0.3) is 0 Å². The van der Waals surface area contributed by atoms with Gasteiger partial charge in [-0.2, -0.15) is 5.10 Å². The number of nitrogens with zero attached hydrogens (tertiary/aromatic N) is 4. The molecule has 2 rings (SSSR count). The number of hydrogen-bond acceptors (Lipinski definition) is 5. The molecule has 1 fully saturated rings. The van der Waals surface area contributed by atoms with Crippen molar-refractivity contribution >= 4 is 11.6 Å². The molecule has 0 saturated carbocycles. The number of β-amino-alcohol motifs (C(OH)–C–C–N with tert-alkyl or cyclic N) is 1. The summed E-state index contributed by atoms with van der Waals surface area (Å²) in [6.07, 6.45) is 0.238. The molecule has 1 aromatic heterocycles. The number of aromatic nitrogens is 2. The van der Waals surface area contributed by atoms with E-state index in [0.29, 0.717) is 24.5 Å². The summed E-state index contributed by atoms with van der Waals surface area (Å²) >= 11 is 0. The van der Waals surface area contributed by atoms with Gasteiger partial charge >= 0.3 is 5.69 Å². The summed E-state index contributed by atoms with van der Waals surface area (Å²) in [5.41, 5.74) is 0.629. The minimum atomic E-state index is -0.516. The quantitative estimate of drug-likeness (QED) is 0.651. The minimum absolute atomic E-state index is 0.0401. The SMILES string of the molecule is Cc1nn(CC(=O)N2CCC(C)C(O)C2)c(C)c1[N+](=O)[O-]. The molecule has 1 aliphatic heterocycles. The monoisotopic (exact) mass is 296 g/mol. The number of carbonyl (C=O) groups is 1. The molecule has 1 aliphatic rings. The summed E-state index contributed by atoms with van der Waals surface area (Å²) in [6.45, 7) is 5.95. The van der Waals surface area contributed by atoms with Crippen molar-refractivity contribution in [3.05, 3.63) is 21.5 Å². The number of likely N-dealkylation sites (tertiary alicyclic amines) is 1. The Kier molecular flexibility index (Phi) is 4.26. The van der Waals surface area contributed by atoms with E-state index < -0.39 is 11.0 Å². The van der Waals surface area contributed by atoms with Crippen LogP contribution < -0.4 is 0 Å². The average Bonchev–Trinajstić information content (AvgIpc) is 2.67. The molecule has 8 nitrogen and oxygen atoms in total. The first kappa shape index (κ1) is 15.4. The van der Waals surface area contributed by atoms with E-state index in [2.05, 4.69) is 5.10 Å². The van der Waals surface area contributed by atoms with E-state index in [1.165, 1.54) is 4.68 Å². The Balaban J connectivity index is 2.10. The fourth-order valence-corrected chi connectivity index (χ4v) is 2.61. The van der Waals surface area contributed by atoms with Crippen molar-refractivity contribution in [1.82, 2.24) is 14.7 Å². The van der Waals surface area contributed by atoms with Crippen molar-refractivity contribution in [2.45, 2.75) is 39.8 Å². The zero-order valence-electron chi connectivity index (χ0n) is 12.4. The van der Waals surface area contributed by atoms with Gasteiger partial charge in [-0.3, -0.25) is 19.6 Å². The molecule has 0 spiro atoms.